The number of fused-ring (bicyclic) bond motifs is 1. The summed E-state index contributed by atoms with van der Waals surface area (Å²) in [5.74, 6) is 2.62. The molecule has 1 saturated heterocycles. The number of hydrogen-bond donors (Lipinski definition) is 1. The zero-order valence-electron chi connectivity index (χ0n) is 24.0. The van der Waals surface area contributed by atoms with Gasteiger partial charge in [-0.15, -0.1) is 5.10 Å². The minimum absolute atomic E-state index is 0.191. The number of benzene rings is 2. The molecule has 0 saturated carbocycles. The Morgan fingerprint density at radius 1 is 0.975 bits per heavy atom. The third kappa shape index (κ3) is 5.08. The number of rotatable bonds is 9. The molecule has 11 nitrogen and oxygen atoms in total. The van der Waals surface area contributed by atoms with Crippen LogP contribution in [-0.4, -0.2) is 77.6 Å². The highest BCUT2D eigenvalue weighted by molar-refractivity contribution is 5.83. The topological polar surface area (TPSA) is 111 Å². The van der Waals surface area contributed by atoms with E-state index in [0.717, 1.165) is 36.3 Å². The van der Waals surface area contributed by atoms with Gasteiger partial charge in [-0.2, -0.15) is 0 Å². The normalized spacial score (nSPS) is 15.3. The van der Waals surface area contributed by atoms with Crippen LogP contribution in [0.5, 0.6) is 17.2 Å². The maximum atomic E-state index is 13.7. The fraction of sp³-hybridized carbons (Fsp3) is 0.448. The number of aromatic amines is 1. The molecular formula is C29H37N7O4. The van der Waals surface area contributed by atoms with Gasteiger partial charge in [0, 0.05) is 54.9 Å². The number of anilines is 1. The van der Waals surface area contributed by atoms with Gasteiger partial charge < -0.3 is 24.1 Å². The maximum Gasteiger partial charge on any atom is 0.253 e. The molecule has 0 aliphatic carbocycles. The van der Waals surface area contributed by atoms with Crippen LogP contribution in [0.4, 0.5) is 5.69 Å². The quantitative estimate of drug-likeness (QED) is 0.336. The molecule has 11 heteroatoms. The second kappa shape index (κ2) is 11.2. The Bertz CT molecular complexity index is 1540. The highest BCUT2D eigenvalue weighted by atomic mass is 16.5. The van der Waals surface area contributed by atoms with Crippen molar-refractivity contribution in [2.24, 2.45) is 0 Å². The van der Waals surface area contributed by atoms with Crippen LogP contribution in [0.2, 0.25) is 0 Å². The number of nitrogens with zero attached hydrogens (tertiary/aromatic N) is 6. The zero-order chi connectivity index (χ0) is 28.4. The standard InChI is InChI=1S/C29H37N7O4/c1-7-29(2,3)36-27(31-32-33-36)26(35-13-11-34(12-14-35)20-9-8-10-21(17-20)38-4)22-15-19-16-24(39-5)25(40-6)18-23(19)30-28(22)37/h8-10,15-18,26H,7,11-14H2,1-6H3,(H,30,37)/t26-/m0/s1. The van der Waals surface area contributed by atoms with Gasteiger partial charge in [-0.25, -0.2) is 4.68 Å². The average molecular weight is 548 g/mol. The summed E-state index contributed by atoms with van der Waals surface area (Å²) < 4.78 is 18.3. The molecule has 1 fully saturated rings. The lowest BCUT2D eigenvalue weighted by Gasteiger charge is -2.40. The van der Waals surface area contributed by atoms with Crippen LogP contribution in [0.25, 0.3) is 10.9 Å². The Morgan fingerprint density at radius 2 is 1.70 bits per heavy atom. The molecule has 0 unspecified atom stereocenters. The molecular weight excluding hydrogens is 510 g/mol. The van der Waals surface area contributed by atoms with Crippen molar-refractivity contribution >= 4 is 16.6 Å². The molecule has 212 valence electrons. The fourth-order valence-corrected chi connectivity index (χ4v) is 5.24. The molecule has 0 bridgehead atoms. The smallest absolute Gasteiger partial charge is 0.253 e. The molecule has 1 atom stereocenters. The molecule has 3 heterocycles. The van der Waals surface area contributed by atoms with E-state index >= 15 is 0 Å². The summed E-state index contributed by atoms with van der Waals surface area (Å²) in [6.07, 6.45) is 0.826. The third-order valence-electron chi connectivity index (χ3n) is 7.95. The summed E-state index contributed by atoms with van der Waals surface area (Å²) in [6, 6.07) is 13.2. The SMILES string of the molecule is CCC(C)(C)n1nnnc1[C@H](c1cc2cc(OC)c(OC)cc2[nH]c1=O)N1CCN(c2cccc(OC)c2)CC1. The second-order valence-electron chi connectivity index (χ2n) is 10.6. The molecule has 1 aliphatic rings. The lowest BCUT2D eigenvalue weighted by atomic mass is 9.98. The average Bonchev–Trinajstić information content (AvgIpc) is 3.48. The van der Waals surface area contributed by atoms with Gasteiger partial charge in [0.15, 0.2) is 17.3 Å². The summed E-state index contributed by atoms with van der Waals surface area (Å²) in [7, 11) is 4.85. The van der Waals surface area contributed by atoms with Gasteiger partial charge in [0.05, 0.1) is 32.4 Å². The molecule has 5 rings (SSSR count). The number of nitrogens with one attached hydrogen (secondary N) is 1. The third-order valence-corrected chi connectivity index (χ3v) is 7.95. The Labute approximate surface area is 233 Å². The van der Waals surface area contributed by atoms with Gasteiger partial charge in [-0.1, -0.05) is 13.0 Å². The number of hydrogen-bond acceptors (Lipinski definition) is 9. The van der Waals surface area contributed by atoms with Gasteiger partial charge in [0.1, 0.15) is 11.8 Å². The summed E-state index contributed by atoms with van der Waals surface area (Å²) in [6.45, 7) is 9.29. The minimum Gasteiger partial charge on any atom is -0.497 e. The van der Waals surface area contributed by atoms with Crippen LogP contribution in [-0.2, 0) is 5.54 Å². The van der Waals surface area contributed by atoms with E-state index in [-0.39, 0.29) is 11.1 Å². The summed E-state index contributed by atoms with van der Waals surface area (Å²) in [4.78, 5) is 21.4. The number of piperazine rings is 1. The Balaban J connectivity index is 1.57. The Kier molecular flexibility index (Phi) is 7.66. The van der Waals surface area contributed by atoms with E-state index in [1.807, 2.05) is 35.0 Å². The summed E-state index contributed by atoms with van der Waals surface area (Å²) >= 11 is 0. The van der Waals surface area contributed by atoms with E-state index in [4.69, 9.17) is 14.2 Å². The van der Waals surface area contributed by atoms with Gasteiger partial charge in [0.2, 0.25) is 0 Å². The number of methoxy groups -OCH3 is 3. The van der Waals surface area contributed by atoms with Crippen LogP contribution in [0.3, 0.4) is 0 Å². The first-order valence-electron chi connectivity index (χ1n) is 13.5. The molecule has 0 amide bonds. The summed E-state index contributed by atoms with van der Waals surface area (Å²) in [5, 5.41) is 13.8. The lowest BCUT2D eigenvalue weighted by Crippen LogP contribution is -2.49. The monoisotopic (exact) mass is 547 g/mol. The van der Waals surface area contributed by atoms with Crippen molar-refractivity contribution in [3.63, 3.8) is 0 Å². The molecule has 40 heavy (non-hydrogen) atoms. The van der Waals surface area contributed by atoms with Gasteiger partial charge in [0.25, 0.3) is 5.56 Å². The lowest BCUT2D eigenvalue weighted by molar-refractivity contribution is 0.186. The van der Waals surface area contributed by atoms with Gasteiger partial charge in [-0.3, -0.25) is 9.69 Å². The highest BCUT2D eigenvalue weighted by Crippen LogP contribution is 2.35. The fourth-order valence-electron chi connectivity index (χ4n) is 5.24. The van der Waals surface area contributed by atoms with E-state index in [1.165, 1.54) is 0 Å². The van der Waals surface area contributed by atoms with Crippen molar-refractivity contribution < 1.29 is 14.2 Å². The van der Waals surface area contributed by atoms with Crippen molar-refractivity contribution in [1.29, 1.82) is 0 Å². The number of aromatic nitrogens is 5. The first-order valence-corrected chi connectivity index (χ1v) is 13.5. The molecule has 4 aromatic rings. The van der Waals surface area contributed by atoms with Crippen LogP contribution in [0, 0.1) is 0 Å². The zero-order valence-corrected chi connectivity index (χ0v) is 24.0. The van der Waals surface area contributed by atoms with E-state index in [0.29, 0.717) is 41.5 Å². The maximum absolute atomic E-state index is 13.7. The molecule has 2 aromatic heterocycles. The predicted molar refractivity (Wildman–Crippen MR) is 154 cm³/mol. The van der Waals surface area contributed by atoms with E-state index in [9.17, 15) is 4.79 Å². The highest BCUT2D eigenvalue weighted by Gasteiger charge is 2.36. The van der Waals surface area contributed by atoms with Crippen molar-refractivity contribution in [3.8, 4) is 17.2 Å². The number of ether oxygens (including phenoxy) is 3. The van der Waals surface area contributed by atoms with Crippen LogP contribution < -0.4 is 24.7 Å². The minimum atomic E-state index is -0.450. The number of tetrazole rings is 1. The van der Waals surface area contributed by atoms with Gasteiger partial charge >= 0.3 is 0 Å². The second-order valence-corrected chi connectivity index (χ2v) is 10.6. The van der Waals surface area contributed by atoms with E-state index in [2.05, 4.69) is 57.1 Å². The van der Waals surface area contributed by atoms with Crippen molar-refractivity contribution in [3.05, 3.63) is 64.2 Å². The van der Waals surface area contributed by atoms with E-state index in [1.54, 1.807) is 27.4 Å². The van der Waals surface area contributed by atoms with E-state index < -0.39 is 6.04 Å². The van der Waals surface area contributed by atoms with Crippen molar-refractivity contribution in [2.45, 2.75) is 38.8 Å². The predicted octanol–water partition coefficient (Wildman–Crippen LogP) is 3.60. The molecule has 0 radical (unpaired) electrons. The first kappa shape index (κ1) is 27.4. The summed E-state index contributed by atoms with van der Waals surface area (Å²) in [5.41, 5.74) is 1.83. The van der Waals surface area contributed by atoms with Crippen LogP contribution in [0.1, 0.15) is 44.6 Å². The number of pyridine rings is 1. The largest absolute Gasteiger partial charge is 0.497 e. The molecule has 1 N–H and O–H groups in total. The Hall–Kier alpha value is -4.12. The van der Waals surface area contributed by atoms with Crippen molar-refractivity contribution in [2.75, 3.05) is 52.4 Å². The molecule has 1 aliphatic heterocycles. The first-order chi connectivity index (χ1) is 19.3. The van der Waals surface area contributed by atoms with Crippen molar-refractivity contribution in [1.82, 2.24) is 30.1 Å². The number of H-pyrrole nitrogens is 1. The molecule has 2 aromatic carbocycles. The van der Waals surface area contributed by atoms with Gasteiger partial charge in [-0.05, 0) is 55.0 Å². The Morgan fingerprint density at radius 3 is 2.38 bits per heavy atom. The van der Waals surface area contributed by atoms with Crippen LogP contribution >= 0.6 is 0 Å². The molecule has 0 spiro atoms. The van der Waals surface area contributed by atoms with Crippen LogP contribution in [0.15, 0.2) is 47.3 Å².